The number of hydrogen-bond donors (Lipinski definition) is 3. The number of benzene rings is 2. The van der Waals surface area contributed by atoms with Gasteiger partial charge in [-0.2, -0.15) is 0 Å². The molecule has 1 aliphatic rings. The molecular formula is C18H18N2O3. The van der Waals surface area contributed by atoms with E-state index in [9.17, 15) is 14.7 Å². The largest absolute Gasteiger partial charge is 0.508 e. The molecule has 0 unspecified atom stereocenters. The number of hydrogen-bond acceptors (Lipinski definition) is 3. The van der Waals surface area contributed by atoms with Crippen molar-refractivity contribution in [1.82, 2.24) is 0 Å². The van der Waals surface area contributed by atoms with Gasteiger partial charge in [0.1, 0.15) is 5.75 Å². The average Bonchev–Trinajstić information content (AvgIpc) is 2.46. The highest BCUT2D eigenvalue weighted by Crippen LogP contribution is 2.38. The molecule has 0 spiro atoms. The molecule has 1 heterocycles. The molecule has 0 saturated carbocycles. The lowest BCUT2D eigenvalue weighted by Crippen LogP contribution is -2.32. The van der Waals surface area contributed by atoms with E-state index in [0.29, 0.717) is 17.7 Å². The van der Waals surface area contributed by atoms with Gasteiger partial charge in [0.25, 0.3) is 5.91 Å². The Morgan fingerprint density at radius 1 is 1.17 bits per heavy atom. The van der Waals surface area contributed by atoms with E-state index in [0.717, 1.165) is 11.3 Å². The number of carbonyl (C=O) groups is 2. The van der Waals surface area contributed by atoms with E-state index in [2.05, 4.69) is 10.6 Å². The molecule has 1 aliphatic heterocycles. The summed E-state index contributed by atoms with van der Waals surface area (Å²) in [6.45, 7) is 4.05. The summed E-state index contributed by atoms with van der Waals surface area (Å²) in [5.41, 5.74) is 2.62. The van der Waals surface area contributed by atoms with Gasteiger partial charge in [-0.1, -0.05) is 19.9 Å². The molecule has 0 fully saturated rings. The van der Waals surface area contributed by atoms with Gasteiger partial charge in [-0.15, -0.1) is 0 Å². The monoisotopic (exact) mass is 310 g/mol. The van der Waals surface area contributed by atoms with Crippen molar-refractivity contribution in [3.05, 3.63) is 53.6 Å². The summed E-state index contributed by atoms with van der Waals surface area (Å²) in [5, 5.41) is 14.9. The Bertz CT molecular complexity index is 779. The van der Waals surface area contributed by atoms with Gasteiger partial charge in [0.05, 0.1) is 0 Å². The van der Waals surface area contributed by atoms with E-state index in [-0.39, 0.29) is 23.0 Å². The van der Waals surface area contributed by atoms with Crippen LogP contribution in [-0.2, 0) is 10.2 Å². The van der Waals surface area contributed by atoms with Crippen LogP contribution < -0.4 is 10.6 Å². The van der Waals surface area contributed by atoms with Crippen LogP contribution in [0.5, 0.6) is 5.75 Å². The van der Waals surface area contributed by atoms with Crippen LogP contribution in [0.1, 0.15) is 36.2 Å². The molecule has 0 radical (unpaired) electrons. The Kier molecular flexibility index (Phi) is 3.56. The predicted molar refractivity (Wildman–Crippen MR) is 88.8 cm³/mol. The standard InChI is InChI=1S/C18H18N2O3/c1-18(2)10-16(22)20-15-9-12(5-8-14(15)18)19-17(23)11-3-6-13(21)7-4-11/h3-9,21H,10H2,1-2H3,(H,19,23)(H,20,22). The number of phenols is 1. The quantitative estimate of drug-likeness (QED) is 0.796. The van der Waals surface area contributed by atoms with Gasteiger partial charge in [0.2, 0.25) is 5.91 Å². The second-order valence-corrected chi connectivity index (χ2v) is 6.37. The first kappa shape index (κ1) is 15.1. The number of fused-ring (bicyclic) bond motifs is 1. The summed E-state index contributed by atoms with van der Waals surface area (Å²) in [4.78, 5) is 24.0. The van der Waals surface area contributed by atoms with Crippen LogP contribution in [0.4, 0.5) is 11.4 Å². The minimum absolute atomic E-state index is 0.0236. The van der Waals surface area contributed by atoms with Gasteiger partial charge in [-0.05, 0) is 42.0 Å². The highest BCUT2D eigenvalue weighted by molar-refractivity contribution is 6.05. The third-order valence-corrected chi connectivity index (χ3v) is 4.01. The second-order valence-electron chi connectivity index (χ2n) is 6.37. The topological polar surface area (TPSA) is 78.4 Å². The molecule has 3 rings (SSSR count). The summed E-state index contributed by atoms with van der Waals surface area (Å²) in [7, 11) is 0. The van der Waals surface area contributed by atoms with Gasteiger partial charge >= 0.3 is 0 Å². The van der Waals surface area contributed by atoms with Crippen molar-refractivity contribution in [2.75, 3.05) is 10.6 Å². The lowest BCUT2D eigenvalue weighted by Gasteiger charge is -2.32. The zero-order valence-electron chi connectivity index (χ0n) is 13.0. The van der Waals surface area contributed by atoms with E-state index in [1.165, 1.54) is 12.1 Å². The molecule has 0 aliphatic carbocycles. The molecule has 2 aromatic rings. The zero-order valence-corrected chi connectivity index (χ0v) is 13.0. The first-order chi connectivity index (χ1) is 10.8. The summed E-state index contributed by atoms with van der Waals surface area (Å²) in [6, 6.07) is 11.6. The fourth-order valence-electron chi connectivity index (χ4n) is 2.82. The smallest absolute Gasteiger partial charge is 0.255 e. The Hall–Kier alpha value is -2.82. The van der Waals surface area contributed by atoms with Crippen molar-refractivity contribution in [1.29, 1.82) is 0 Å². The van der Waals surface area contributed by atoms with Crippen molar-refractivity contribution < 1.29 is 14.7 Å². The maximum absolute atomic E-state index is 12.2. The number of anilines is 2. The molecule has 0 saturated heterocycles. The lowest BCUT2D eigenvalue weighted by atomic mass is 9.78. The summed E-state index contributed by atoms with van der Waals surface area (Å²) >= 11 is 0. The van der Waals surface area contributed by atoms with Crippen LogP contribution in [0.2, 0.25) is 0 Å². The van der Waals surface area contributed by atoms with Gasteiger partial charge < -0.3 is 15.7 Å². The van der Waals surface area contributed by atoms with Gasteiger partial charge in [0.15, 0.2) is 0 Å². The second kappa shape index (κ2) is 5.43. The number of amides is 2. The van der Waals surface area contributed by atoms with Crippen LogP contribution in [-0.4, -0.2) is 16.9 Å². The first-order valence-corrected chi connectivity index (χ1v) is 7.40. The number of phenolic OH excluding ortho intramolecular Hbond substituents is 1. The molecule has 2 amide bonds. The molecule has 118 valence electrons. The lowest BCUT2D eigenvalue weighted by molar-refractivity contribution is -0.117. The predicted octanol–water partition coefficient (Wildman–Crippen LogP) is 3.26. The number of aromatic hydroxyl groups is 1. The molecule has 2 aromatic carbocycles. The highest BCUT2D eigenvalue weighted by Gasteiger charge is 2.31. The maximum Gasteiger partial charge on any atom is 0.255 e. The number of rotatable bonds is 2. The van der Waals surface area contributed by atoms with Crippen LogP contribution in [0.3, 0.4) is 0 Å². The molecular weight excluding hydrogens is 292 g/mol. The first-order valence-electron chi connectivity index (χ1n) is 7.40. The fraction of sp³-hybridized carbons (Fsp3) is 0.222. The molecule has 0 aromatic heterocycles. The molecule has 3 N–H and O–H groups in total. The third-order valence-electron chi connectivity index (χ3n) is 4.01. The van der Waals surface area contributed by atoms with Gasteiger partial charge in [0, 0.05) is 28.8 Å². The Labute approximate surface area is 134 Å². The van der Waals surface area contributed by atoms with E-state index in [1.54, 1.807) is 18.2 Å². The summed E-state index contributed by atoms with van der Waals surface area (Å²) in [6.07, 6.45) is 0.444. The molecule has 0 atom stereocenters. The third kappa shape index (κ3) is 3.04. The van der Waals surface area contributed by atoms with Crippen LogP contribution in [0.15, 0.2) is 42.5 Å². The van der Waals surface area contributed by atoms with Gasteiger partial charge in [-0.25, -0.2) is 0 Å². The molecule has 5 nitrogen and oxygen atoms in total. The molecule has 23 heavy (non-hydrogen) atoms. The number of nitrogens with one attached hydrogen (secondary N) is 2. The Balaban J connectivity index is 1.85. The molecule has 5 heteroatoms. The maximum atomic E-state index is 12.2. The minimum atomic E-state index is -0.272. The van der Waals surface area contributed by atoms with Crippen LogP contribution in [0.25, 0.3) is 0 Å². The Morgan fingerprint density at radius 2 is 1.87 bits per heavy atom. The van der Waals surface area contributed by atoms with Crippen LogP contribution >= 0.6 is 0 Å². The highest BCUT2D eigenvalue weighted by atomic mass is 16.3. The normalized spacial score (nSPS) is 15.5. The minimum Gasteiger partial charge on any atom is -0.508 e. The average molecular weight is 310 g/mol. The summed E-state index contributed by atoms with van der Waals surface area (Å²) in [5.74, 6) is -0.184. The van der Waals surface area contributed by atoms with E-state index in [1.807, 2.05) is 26.0 Å². The zero-order chi connectivity index (χ0) is 16.6. The SMILES string of the molecule is CC1(C)CC(=O)Nc2cc(NC(=O)c3ccc(O)cc3)ccc21. The van der Waals surface area contributed by atoms with Crippen LogP contribution in [0, 0.1) is 0 Å². The van der Waals surface area contributed by atoms with E-state index < -0.39 is 0 Å². The van der Waals surface area contributed by atoms with Crippen molar-refractivity contribution >= 4 is 23.2 Å². The fourth-order valence-corrected chi connectivity index (χ4v) is 2.82. The van der Waals surface area contributed by atoms with Crippen molar-refractivity contribution in [2.24, 2.45) is 0 Å². The number of carbonyl (C=O) groups excluding carboxylic acids is 2. The van der Waals surface area contributed by atoms with E-state index in [4.69, 9.17) is 0 Å². The molecule has 0 bridgehead atoms. The van der Waals surface area contributed by atoms with Crippen molar-refractivity contribution in [3.63, 3.8) is 0 Å². The van der Waals surface area contributed by atoms with Crippen molar-refractivity contribution in [3.8, 4) is 5.75 Å². The summed E-state index contributed by atoms with van der Waals surface area (Å²) < 4.78 is 0. The van der Waals surface area contributed by atoms with Crippen molar-refractivity contribution in [2.45, 2.75) is 25.7 Å². The van der Waals surface area contributed by atoms with E-state index >= 15 is 0 Å². The van der Waals surface area contributed by atoms with Gasteiger partial charge in [-0.3, -0.25) is 9.59 Å². The Morgan fingerprint density at radius 3 is 2.57 bits per heavy atom.